The fourth-order valence-corrected chi connectivity index (χ4v) is 3.10. The molecule has 0 unspecified atom stereocenters. The average molecular weight is 348 g/mol. The van der Waals surface area contributed by atoms with Gasteiger partial charge in [-0.15, -0.1) is 0 Å². The van der Waals surface area contributed by atoms with E-state index in [0.29, 0.717) is 24.2 Å². The normalized spacial score (nSPS) is 11.1. The number of aromatic hydroxyl groups is 1. The number of hydrogen-bond acceptors (Lipinski definition) is 3. The van der Waals surface area contributed by atoms with Crippen LogP contribution in [0.3, 0.4) is 0 Å². The van der Waals surface area contributed by atoms with Crippen molar-refractivity contribution in [3.8, 4) is 16.9 Å². The lowest BCUT2D eigenvalue weighted by Crippen LogP contribution is -2.27. The van der Waals surface area contributed by atoms with Gasteiger partial charge in [0.2, 0.25) is 0 Å². The van der Waals surface area contributed by atoms with Crippen LogP contribution in [0.5, 0.6) is 5.75 Å². The largest absolute Gasteiger partial charge is 0.505 e. The molecule has 3 aromatic rings. The van der Waals surface area contributed by atoms with Crippen LogP contribution in [0.15, 0.2) is 59.4 Å². The third-order valence-electron chi connectivity index (χ3n) is 4.57. The van der Waals surface area contributed by atoms with Gasteiger partial charge in [-0.05, 0) is 30.0 Å². The van der Waals surface area contributed by atoms with Crippen molar-refractivity contribution in [2.45, 2.75) is 39.7 Å². The van der Waals surface area contributed by atoms with Crippen LogP contribution in [0.4, 0.5) is 0 Å². The highest BCUT2D eigenvalue weighted by atomic mass is 16.3. The van der Waals surface area contributed by atoms with Crippen LogP contribution < -0.4 is 5.56 Å². The Bertz CT molecular complexity index is 960. The van der Waals surface area contributed by atoms with Crippen molar-refractivity contribution >= 4 is 0 Å². The molecule has 26 heavy (non-hydrogen) atoms. The summed E-state index contributed by atoms with van der Waals surface area (Å²) in [6.07, 6.45) is 0.712. The average Bonchev–Trinajstić information content (AvgIpc) is 2.63. The summed E-state index contributed by atoms with van der Waals surface area (Å²) in [5, 5.41) is 15.2. The van der Waals surface area contributed by atoms with Crippen molar-refractivity contribution < 1.29 is 5.11 Å². The SMILES string of the molecule is Cc1ccccc1-c1c(O)c(C(C)C)nn(CCc2ccccc2)c1=O. The Balaban J connectivity index is 2.11. The first kappa shape index (κ1) is 17.9. The van der Waals surface area contributed by atoms with Gasteiger partial charge in [0.05, 0.1) is 5.56 Å². The molecule has 0 amide bonds. The zero-order chi connectivity index (χ0) is 18.7. The molecule has 4 nitrogen and oxygen atoms in total. The minimum Gasteiger partial charge on any atom is -0.505 e. The molecule has 0 saturated heterocycles. The number of hydrogen-bond donors (Lipinski definition) is 1. The maximum Gasteiger partial charge on any atom is 0.278 e. The number of benzene rings is 2. The van der Waals surface area contributed by atoms with Crippen molar-refractivity contribution in [1.82, 2.24) is 9.78 Å². The van der Waals surface area contributed by atoms with Crippen LogP contribution >= 0.6 is 0 Å². The van der Waals surface area contributed by atoms with Gasteiger partial charge in [0.15, 0.2) is 5.75 Å². The fraction of sp³-hybridized carbons (Fsp3) is 0.273. The third-order valence-corrected chi connectivity index (χ3v) is 4.57. The highest BCUT2D eigenvalue weighted by molar-refractivity contribution is 5.72. The summed E-state index contributed by atoms with van der Waals surface area (Å²) in [5.74, 6) is 0.0107. The molecule has 0 fully saturated rings. The topological polar surface area (TPSA) is 55.1 Å². The van der Waals surface area contributed by atoms with Crippen LogP contribution in [0, 0.1) is 6.92 Å². The molecule has 0 atom stereocenters. The second-order valence-electron chi connectivity index (χ2n) is 6.84. The molecule has 0 spiro atoms. The summed E-state index contributed by atoms with van der Waals surface area (Å²) in [6.45, 7) is 6.35. The molecule has 3 rings (SSSR count). The van der Waals surface area contributed by atoms with E-state index >= 15 is 0 Å². The molecule has 2 aromatic carbocycles. The molecule has 0 aliphatic carbocycles. The zero-order valence-corrected chi connectivity index (χ0v) is 15.4. The van der Waals surface area contributed by atoms with E-state index in [4.69, 9.17) is 0 Å². The van der Waals surface area contributed by atoms with Crippen molar-refractivity contribution in [1.29, 1.82) is 0 Å². The number of aryl methyl sites for hydroxylation is 3. The monoisotopic (exact) mass is 348 g/mol. The molecule has 1 heterocycles. The molecule has 0 bridgehead atoms. The predicted molar refractivity (Wildman–Crippen MR) is 105 cm³/mol. The number of aromatic nitrogens is 2. The van der Waals surface area contributed by atoms with Crippen LogP contribution in [-0.2, 0) is 13.0 Å². The van der Waals surface area contributed by atoms with Crippen molar-refractivity contribution in [3.05, 3.63) is 81.8 Å². The van der Waals surface area contributed by atoms with Gasteiger partial charge in [0, 0.05) is 12.5 Å². The Morgan fingerprint density at radius 1 is 1.04 bits per heavy atom. The van der Waals surface area contributed by atoms with Crippen LogP contribution in [0.1, 0.15) is 36.6 Å². The first-order valence-electron chi connectivity index (χ1n) is 8.93. The molecule has 1 N–H and O–H groups in total. The molecule has 4 heteroatoms. The second kappa shape index (κ2) is 7.56. The lowest BCUT2D eigenvalue weighted by molar-refractivity contribution is 0.443. The summed E-state index contributed by atoms with van der Waals surface area (Å²) in [5.41, 5.74) is 3.50. The van der Waals surface area contributed by atoms with E-state index < -0.39 is 0 Å². The van der Waals surface area contributed by atoms with Gasteiger partial charge in [0.25, 0.3) is 5.56 Å². The van der Waals surface area contributed by atoms with E-state index in [2.05, 4.69) is 5.10 Å². The van der Waals surface area contributed by atoms with Crippen LogP contribution in [-0.4, -0.2) is 14.9 Å². The minimum atomic E-state index is -0.253. The summed E-state index contributed by atoms with van der Waals surface area (Å²) in [7, 11) is 0. The van der Waals surface area contributed by atoms with Gasteiger partial charge in [-0.2, -0.15) is 5.10 Å². The van der Waals surface area contributed by atoms with Gasteiger partial charge >= 0.3 is 0 Å². The summed E-state index contributed by atoms with van der Waals surface area (Å²) in [6, 6.07) is 17.6. The maximum absolute atomic E-state index is 13.1. The van der Waals surface area contributed by atoms with Gasteiger partial charge in [-0.25, -0.2) is 4.68 Å². The van der Waals surface area contributed by atoms with Gasteiger partial charge in [-0.1, -0.05) is 68.4 Å². The van der Waals surface area contributed by atoms with E-state index in [1.54, 1.807) is 0 Å². The summed E-state index contributed by atoms with van der Waals surface area (Å²) in [4.78, 5) is 13.1. The van der Waals surface area contributed by atoms with E-state index in [1.807, 2.05) is 75.4 Å². The van der Waals surface area contributed by atoms with Crippen molar-refractivity contribution in [3.63, 3.8) is 0 Å². The molecule has 0 aliphatic heterocycles. The highest BCUT2D eigenvalue weighted by Crippen LogP contribution is 2.33. The summed E-state index contributed by atoms with van der Waals surface area (Å²) < 4.78 is 1.49. The van der Waals surface area contributed by atoms with Crippen LogP contribution in [0.25, 0.3) is 11.1 Å². The number of rotatable bonds is 5. The standard InChI is InChI=1S/C22H24N2O2/c1-15(2)20-21(25)19(18-12-8-7-9-16(18)3)22(26)24(23-20)14-13-17-10-5-4-6-11-17/h4-12,15,25H,13-14H2,1-3H3. The van der Waals surface area contributed by atoms with Gasteiger partial charge in [-0.3, -0.25) is 4.79 Å². The van der Waals surface area contributed by atoms with E-state index in [9.17, 15) is 9.90 Å². The Hall–Kier alpha value is -2.88. The van der Waals surface area contributed by atoms with E-state index in [1.165, 1.54) is 4.68 Å². The Morgan fingerprint density at radius 3 is 2.35 bits per heavy atom. The summed E-state index contributed by atoms with van der Waals surface area (Å²) >= 11 is 0. The highest BCUT2D eigenvalue weighted by Gasteiger charge is 2.21. The van der Waals surface area contributed by atoms with Crippen molar-refractivity contribution in [2.24, 2.45) is 0 Å². The molecule has 0 radical (unpaired) electrons. The Labute approximate surface area is 153 Å². The Kier molecular flexibility index (Phi) is 5.21. The lowest BCUT2D eigenvalue weighted by Gasteiger charge is -2.16. The first-order chi connectivity index (χ1) is 12.5. The molecular formula is C22H24N2O2. The van der Waals surface area contributed by atoms with E-state index in [-0.39, 0.29) is 17.2 Å². The molecule has 0 aliphatic rings. The van der Waals surface area contributed by atoms with Gasteiger partial charge < -0.3 is 5.11 Å². The predicted octanol–water partition coefficient (Wildman–Crippen LogP) is 4.29. The first-order valence-corrected chi connectivity index (χ1v) is 8.93. The number of nitrogens with zero attached hydrogens (tertiary/aromatic N) is 2. The maximum atomic E-state index is 13.1. The third kappa shape index (κ3) is 3.54. The molecule has 134 valence electrons. The molecular weight excluding hydrogens is 324 g/mol. The zero-order valence-electron chi connectivity index (χ0n) is 15.4. The van der Waals surface area contributed by atoms with Crippen molar-refractivity contribution in [2.75, 3.05) is 0 Å². The minimum absolute atomic E-state index is 0.00439. The van der Waals surface area contributed by atoms with Crippen LogP contribution in [0.2, 0.25) is 0 Å². The lowest BCUT2D eigenvalue weighted by atomic mass is 9.98. The quantitative estimate of drug-likeness (QED) is 0.748. The molecule has 0 saturated carbocycles. The van der Waals surface area contributed by atoms with Gasteiger partial charge in [0.1, 0.15) is 5.69 Å². The van der Waals surface area contributed by atoms with E-state index in [0.717, 1.165) is 16.7 Å². The Morgan fingerprint density at radius 2 is 1.69 bits per heavy atom. The fourth-order valence-electron chi connectivity index (χ4n) is 3.10. The smallest absolute Gasteiger partial charge is 0.278 e. The second-order valence-corrected chi connectivity index (χ2v) is 6.84. The molecule has 1 aromatic heterocycles.